The zero-order valence-electron chi connectivity index (χ0n) is 13.9. The topological polar surface area (TPSA) is 0 Å². The van der Waals surface area contributed by atoms with Crippen LogP contribution in [0, 0.1) is 0 Å². The number of rotatable bonds is 5. The molecule has 2 aromatic carbocycles. The van der Waals surface area contributed by atoms with Crippen LogP contribution >= 0.6 is 0 Å². The Hall–Kier alpha value is -0.994. The van der Waals surface area contributed by atoms with E-state index in [0.29, 0.717) is 0 Å². The zero-order chi connectivity index (χ0) is 15.9. The Kier molecular flexibility index (Phi) is 6.78. The van der Waals surface area contributed by atoms with E-state index in [-0.39, 0.29) is 0 Å². The van der Waals surface area contributed by atoms with Gasteiger partial charge in [0.1, 0.15) is 0 Å². The molecule has 2 rings (SSSR count). The Bertz CT molecular complexity index is 578. The predicted molar refractivity (Wildman–Crippen MR) is 104 cm³/mol. The maximum atomic E-state index is 2.43. The first kappa shape index (κ1) is 17.4. The Morgan fingerprint density at radius 2 is 0.909 bits per heavy atom. The molecule has 0 saturated carbocycles. The standard InChI is InChI=1S/C20H24Ge2/c1-21(2)19(17-11-7-5-8-12-17)15-16-20(22(3)4)18-13-9-6-10-14-18/h5-16H,1-4H3. The minimum absolute atomic E-state index is 1.14. The van der Waals surface area contributed by atoms with E-state index in [1.54, 1.807) is 8.81 Å². The van der Waals surface area contributed by atoms with Crippen LogP contribution in [0.25, 0.3) is 8.81 Å². The van der Waals surface area contributed by atoms with Gasteiger partial charge in [-0.15, -0.1) is 0 Å². The van der Waals surface area contributed by atoms with Crippen LogP contribution in [0.5, 0.6) is 0 Å². The summed E-state index contributed by atoms with van der Waals surface area (Å²) in [5.74, 6) is 9.74. The third-order valence-corrected chi connectivity index (χ3v) is 10.1. The molecule has 22 heavy (non-hydrogen) atoms. The van der Waals surface area contributed by atoms with Crippen LogP contribution in [-0.2, 0) is 0 Å². The average Bonchev–Trinajstić information content (AvgIpc) is 2.52. The number of hydrogen-bond donors (Lipinski definition) is 0. The average molecular weight is 410 g/mol. The summed E-state index contributed by atoms with van der Waals surface area (Å²) in [7, 11) is 0. The monoisotopic (exact) mass is 412 g/mol. The van der Waals surface area contributed by atoms with Crippen molar-refractivity contribution in [1.82, 2.24) is 0 Å². The second-order valence-electron chi connectivity index (χ2n) is 5.89. The molecule has 0 heterocycles. The molecule has 2 radical (unpaired) electrons. The van der Waals surface area contributed by atoms with E-state index in [4.69, 9.17) is 0 Å². The molecule has 0 amide bonds. The predicted octanol–water partition coefficient (Wildman–Crippen LogP) is 5.74. The number of hydrogen-bond acceptors (Lipinski definition) is 0. The van der Waals surface area contributed by atoms with Crippen molar-refractivity contribution in [3.8, 4) is 0 Å². The van der Waals surface area contributed by atoms with Crippen LogP contribution < -0.4 is 0 Å². The molecule has 0 aliphatic heterocycles. The number of allylic oxidation sites excluding steroid dienone is 2. The molecule has 0 aromatic heterocycles. The molecule has 0 unspecified atom stereocenters. The summed E-state index contributed by atoms with van der Waals surface area (Å²) in [6.45, 7) is 0. The molecule has 0 N–H and O–H groups in total. The van der Waals surface area contributed by atoms with E-state index in [2.05, 4.69) is 95.8 Å². The van der Waals surface area contributed by atoms with E-state index < -0.39 is 28.7 Å². The summed E-state index contributed by atoms with van der Waals surface area (Å²) in [5.41, 5.74) is 2.81. The van der Waals surface area contributed by atoms with Crippen molar-refractivity contribution in [2.24, 2.45) is 0 Å². The molecular weight excluding hydrogens is 385 g/mol. The fraction of sp³-hybridized carbons (Fsp3) is 0.200. The first-order chi connectivity index (χ1) is 10.6. The molecule has 0 bridgehead atoms. The zero-order valence-corrected chi connectivity index (χ0v) is 18.1. The van der Waals surface area contributed by atoms with Gasteiger partial charge in [-0.3, -0.25) is 0 Å². The van der Waals surface area contributed by atoms with E-state index in [9.17, 15) is 0 Å². The van der Waals surface area contributed by atoms with Crippen LogP contribution in [0.2, 0.25) is 23.0 Å². The van der Waals surface area contributed by atoms with Gasteiger partial charge in [0.05, 0.1) is 0 Å². The number of benzene rings is 2. The van der Waals surface area contributed by atoms with Gasteiger partial charge in [-0.05, 0) is 0 Å². The van der Waals surface area contributed by atoms with Crippen LogP contribution in [0.1, 0.15) is 11.1 Å². The molecule has 0 spiro atoms. The molecule has 0 aliphatic rings. The molecule has 0 nitrogen and oxygen atoms in total. The van der Waals surface area contributed by atoms with Crippen molar-refractivity contribution in [2.45, 2.75) is 23.0 Å². The molecule has 0 fully saturated rings. The van der Waals surface area contributed by atoms with E-state index in [1.165, 1.54) is 11.1 Å². The normalized spacial score (nSPS) is 13.0. The summed E-state index contributed by atoms with van der Waals surface area (Å²) < 4.78 is 3.15. The van der Waals surface area contributed by atoms with Crippen molar-refractivity contribution in [3.05, 3.63) is 83.9 Å². The van der Waals surface area contributed by atoms with Crippen molar-refractivity contribution >= 4 is 37.5 Å². The third kappa shape index (κ3) is 4.75. The van der Waals surface area contributed by atoms with Gasteiger partial charge in [0, 0.05) is 0 Å². The summed E-state index contributed by atoms with van der Waals surface area (Å²) in [6.07, 6.45) is 4.82. The van der Waals surface area contributed by atoms with Crippen molar-refractivity contribution in [1.29, 1.82) is 0 Å². The molecule has 0 saturated heterocycles. The van der Waals surface area contributed by atoms with Crippen molar-refractivity contribution in [3.63, 3.8) is 0 Å². The second-order valence-corrected chi connectivity index (χ2v) is 16.5. The van der Waals surface area contributed by atoms with Gasteiger partial charge in [0.2, 0.25) is 0 Å². The Balaban J connectivity index is 2.42. The van der Waals surface area contributed by atoms with Gasteiger partial charge in [-0.2, -0.15) is 0 Å². The maximum absolute atomic E-state index is 2.43. The van der Waals surface area contributed by atoms with Crippen LogP contribution in [0.15, 0.2) is 72.8 Å². The van der Waals surface area contributed by atoms with Gasteiger partial charge < -0.3 is 0 Å². The summed E-state index contributed by atoms with van der Waals surface area (Å²) >= 11 is -2.28. The van der Waals surface area contributed by atoms with Gasteiger partial charge >= 0.3 is 144 Å². The van der Waals surface area contributed by atoms with Gasteiger partial charge in [-0.1, -0.05) is 0 Å². The van der Waals surface area contributed by atoms with Crippen LogP contribution in [0.3, 0.4) is 0 Å². The summed E-state index contributed by atoms with van der Waals surface area (Å²) in [6, 6.07) is 21.8. The van der Waals surface area contributed by atoms with Crippen molar-refractivity contribution in [2.75, 3.05) is 0 Å². The molecule has 112 valence electrons. The quantitative estimate of drug-likeness (QED) is 0.436. The van der Waals surface area contributed by atoms with E-state index >= 15 is 0 Å². The first-order valence-corrected chi connectivity index (χ1v) is 18.2. The van der Waals surface area contributed by atoms with Crippen LogP contribution in [0.4, 0.5) is 0 Å². The Morgan fingerprint density at radius 3 is 1.18 bits per heavy atom. The fourth-order valence-corrected chi connectivity index (χ4v) is 7.38. The molecule has 0 aliphatic carbocycles. The Labute approximate surface area is 144 Å². The van der Waals surface area contributed by atoms with E-state index in [1.807, 2.05) is 0 Å². The van der Waals surface area contributed by atoms with Crippen LogP contribution in [-0.4, -0.2) is 28.7 Å². The van der Waals surface area contributed by atoms with E-state index in [0.717, 1.165) is 0 Å². The van der Waals surface area contributed by atoms with Crippen molar-refractivity contribution < 1.29 is 0 Å². The molecule has 2 aromatic rings. The van der Waals surface area contributed by atoms with Gasteiger partial charge in [0.15, 0.2) is 0 Å². The molecule has 2 heteroatoms. The summed E-state index contributed by atoms with van der Waals surface area (Å²) in [4.78, 5) is 0. The first-order valence-electron chi connectivity index (χ1n) is 7.73. The fourth-order valence-electron chi connectivity index (χ4n) is 2.51. The SMILES string of the molecule is [CH3][Ge]([CH3])[C](=CC=[C](c1ccccc1)[Ge]([CH3])[CH3])c1ccccc1. The minimum atomic E-state index is -1.14. The second kappa shape index (κ2) is 8.59. The van der Waals surface area contributed by atoms with Gasteiger partial charge in [0.25, 0.3) is 0 Å². The Morgan fingerprint density at radius 1 is 0.591 bits per heavy atom. The van der Waals surface area contributed by atoms with Gasteiger partial charge in [-0.25, -0.2) is 0 Å². The summed E-state index contributed by atoms with van der Waals surface area (Å²) in [5, 5.41) is 0. The molecular formula is C20H24Ge2. The molecule has 0 atom stereocenters. The third-order valence-electron chi connectivity index (χ3n) is 3.66.